The predicted octanol–water partition coefficient (Wildman–Crippen LogP) is 2.30. The van der Waals surface area contributed by atoms with Gasteiger partial charge in [-0.15, -0.1) is 0 Å². The number of piperidine rings is 1. The van der Waals surface area contributed by atoms with Gasteiger partial charge in [0.1, 0.15) is 5.69 Å². The Hall–Kier alpha value is -2.30. The number of carbonyl (C=O) groups excluding carboxylic acids is 2. The summed E-state index contributed by atoms with van der Waals surface area (Å²) in [6, 6.07) is 10.1. The molecule has 5 heteroatoms. The summed E-state index contributed by atoms with van der Waals surface area (Å²) in [5, 5.41) is 4.10. The number of hydrogen-bond donors (Lipinski definition) is 2. The van der Waals surface area contributed by atoms with Gasteiger partial charge in [-0.05, 0) is 37.8 Å². The molecule has 5 nitrogen and oxygen atoms in total. The zero-order valence-electron chi connectivity index (χ0n) is 13.0. The molecule has 1 aliphatic carbocycles. The second kappa shape index (κ2) is 5.72. The first-order chi connectivity index (χ1) is 11.2. The van der Waals surface area contributed by atoms with Gasteiger partial charge in [-0.2, -0.15) is 0 Å². The molecule has 2 aliphatic rings. The zero-order valence-corrected chi connectivity index (χ0v) is 13.0. The fourth-order valence-corrected chi connectivity index (χ4v) is 3.28. The first-order valence-electron chi connectivity index (χ1n) is 8.38. The van der Waals surface area contributed by atoms with Gasteiger partial charge in [-0.3, -0.25) is 9.59 Å². The van der Waals surface area contributed by atoms with Crippen LogP contribution in [-0.4, -0.2) is 40.8 Å². The molecule has 120 valence electrons. The minimum absolute atomic E-state index is 0.00915. The molecule has 2 N–H and O–H groups in total. The average Bonchev–Trinajstić information content (AvgIpc) is 3.29. The van der Waals surface area contributed by atoms with Crippen molar-refractivity contribution in [3.8, 4) is 0 Å². The number of fused-ring (bicyclic) bond motifs is 1. The number of para-hydroxylation sites is 1. The predicted molar refractivity (Wildman–Crippen MR) is 88.1 cm³/mol. The Bertz CT molecular complexity index is 715. The van der Waals surface area contributed by atoms with Gasteiger partial charge in [0.15, 0.2) is 0 Å². The van der Waals surface area contributed by atoms with E-state index in [1.807, 2.05) is 35.2 Å². The van der Waals surface area contributed by atoms with E-state index >= 15 is 0 Å². The van der Waals surface area contributed by atoms with Crippen LogP contribution in [0.15, 0.2) is 30.3 Å². The molecule has 0 spiro atoms. The molecule has 1 aromatic carbocycles. The van der Waals surface area contributed by atoms with Crippen molar-refractivity contribution in [2.75, 3.05) is 13.1 Å². The average molecular weight is 311 g/mol. The van der Waals surface area contributed by atoms with Gasteiger partial charge >= 0.3 is 0 Å². The second-order valence-corrected chi connectivity index (χ2v) is 6.64. The largest absolute Gasteiger partial charge is 0.353 e. The fourth-order valence-electron chi connectivity index (χ4n) is 3.28. The molecule has 2 heterocycles. The number of aromatic amines is 1. The maximum atomic E-state index is 12.7. The lowest BCUT2D eigenvalue weighted by molar-refractivity contribution is -0.126. The summed E-state index contributed by atoms with van der Waals surface area (Å²) in [5.41, 5.74) is 1.57. The number of nitrogens with one attached hydrogen (secondary N) is 2. The molecule has 23 heavy (non-hydrogen) atoms. The number of carbonyl (C=O) groups is 2. The van der Waals surface area contributed by atoms with Crippen molar-refractivity contribution in [3.63, 3.8) is 0 Å². The van der Waals surface area contributed by atoms with Gasteiger partial charge in [0, 0.05) is 30.0 Å². The summed E-state index contributed by atoms with van der Waals surface area (Å²) < 4.78 is 0. The Kier molecular flexibility index (Phi) is 3.56. The minimum Gasteiger partial charge on any atom is -0.353 e. The first-order valence-corrected chi connectivity index (χ1v) is 8.38. The third-order valence-electron chi connectivity index (χ3n) is 4.76. The van der Waals surface area contributed by atoms with Crippen molar-refractivity contribution in [2.24, 2.45) is 5.92 Å². The number of H-pyrrole nitrogens is 1. The number of hydrogen-bond acceptors (Lipinski definition) is 2. The van der Waals surface area contributed by atoms with E-state index in [4.69, 9.17) is 0 Å². The van der Waals surface area contributed by atoms with E-state index in [-0.39, 0.29) is 17.7 Å². The smallest absolute Gasteiger partial charge is 0.270 e. The Morgan fingerprint density at radius 3 is 2.78 bits per heavy atom. The van der Waals surface area contributed by atoms with E-state index in [9.17, 15) is 9.59 Å². The highest BCUT2D eigenvalue weighted by Crippen LogP contribution is 2.23. The van der Waals surface area contributed by atoms with E-state index < -0.39 is 0 Å². The fraction of sp³-hybridized carbons (Fsp3) is 0.444. The molecular weight excluding hydrogens is 290 g/mol. The SMILES string of the molecule is O=C(NC1CC1)C1CCCN(C(=O)c2cc3ccccc3[nH]2)C1. The molecule has 2 aromatic rings. The first kappa shape index (κ1) is 14.3. The van der Waals surface area contributed by atoms with Gasteiger partial charge in [0.25, 0.3) is 5.91 Å². The summed E-state index contributed by atoms with van der Waals surface area (Å²) in [7, 11) is 0. The van der Waals surface area contributed by atoms with Crippen LogP contribution < -0.4 is 5.32 Å². The molecule has 0 radical (unpaired) electrons. The summed E-state index contributed by atoms with van der Waals surface area (Å²) in [6.45, 7) is 1.24. The number of amides is 2. The molecule has 1 atom stereocenters. The van der Waals surface area contributed by atoms with Crippen LogP contribution in [0.3, 0.4) is 0 Å². The van der Waals surface area contributed by atoms with Crippen LogP contribution >= 0.6 is 0 Å². The van der Waals surface area contributed by atoms with Crippen LogP contribution in [0, 0.1) is 5.92 Å². The van der Waals surface area contributed by atoms with Crippen LogP contribution in [-0.2, 0) is 4.79 Å². The summed E-state index contributed by atoms with van der Waals surface area (Å²) >= 11 is 0. The van der Waals surface area contributed by atoms with E-state index in [0.717, 1.165) is 43.1 Å². The third kappa shape index (κ3) is 2.96. The van der Waals surface area contributed by atoms with E-state index in [1.54, 1.807) is 0 Å². The van der Waals surface area contributed by atoms with Gasteiger partial charge in [-0.1, -0.05) is 18.2 Å². The summed E-state index contributed by atoms with van der Waals surface area (Å²) in [4.78, 5) is 30.0. The lowest BCUT2D eigenvalue weighted by Gasteiger charge is -2.31. The topological polar surface area (TPSA) is 65.2 Å². The number of aromatic nitrogens is 1. The maximum Gasteiger partial charge on any atom is 0.270 e. The number of nitrogens with zero attached hydrogens (tertiary/aromatic N) is 1. The zero-order chi connectivity index (χ0) is 15.8. The lowest BCUT2D eigenvalue weighted by atomic mass is 9.97. The normalized spacial score (nSPS) is 21.4. The van der Waals surface area contributed by atoms with Gasteiger partial charge in [-0.25, -0.2) is 0 Å². The Labute approximate surface area is 135 Å². The van der Waals surface area contributed by atoms with Crippen molar-refractivity contribution in [1.29, 1.82) is 0 Å². The Morgan fingerprint density at radius 2 is 2.00 bits per heavy atom. The molecule has 1 saturated carbocycles. The molecule has 0 bridgehead atoms. The van der Waals surface area contributed by atoms with Crippen LogP contribution in [0.5, 0.6) is 0 Å². The van der Waals surface area contributed by atoms with Crippen molar-refractivity contribution in [2.45, 2.75) is 31.7 Å². The molecule has 1 unspecified atom stereocenters. The standard InChI is InChI=1S/C18H21N3O2/c22-17(19-14-7-8-14)13-5-3-9-21(11-13)18(23)16-10-12-4-1-2-6-15(12)20-16/h1-2,4,6,10,13-14,20H,3,5,7-9,11H2,(H,19,22). The molecular formula is C18H21N3O2. The quantitative estimate of drug-likeness (QED) is 0.913. The van der Waals surface area contributed by atoms with Crippen LogP contribution in [0.1, 0.15) is 36.2 Å². The van der Waals surface area contributed by atoms with Crippen molar-refractivity contribution in [3.05, 3.63) is 36.0 Å². The molecule has 1 aliphatic heterocycles. The highest BCUT2D eigenvalue weighted by molar-refractivity contribution is 5.98. The van der Waals surface area contributed by atoms with Gasteiger partial charge in [0.2, 0.25) is 5.91 Å². The minimum atomic E-state index is -0.0716. The molecule has 2 amide bonds. The van der Waals surface area contributed by atoms with E-state index in [2.05, 4.69) is 10.3 Å². The van der Waals surface area contributed by atoms with Gasteiger partial charge < -0.3 is 15.2 Å². The number of likely N-dealkylation sites (tertiary alicyclic amines) is 1. The Morgan fingerprint density at radius 1 is 1.17 bits per heavy atom. The molecule has 4 rings (SSSR count). The number of benzene rings is 1. The van der Waals surface area contributed by atoms with Crippen molar-refractivity contribution >= 4 is 22.7 Å². The van der Waals surface area contributed by atoms with Crippen LogP contribution in [0.4, 0.5) is 0 Å². The highest BCUT2D eigenvalue weighted by atomic mass is 16.2. The van der Waals surface area contributed by atoms with E-state index in [0.29, 0.717) is 18.3 Å². The lowest BCUT2D eigenvalue weighted by Crippen LogP contribution is -2.46. The summed E-state index contributed by atoms with van der Waals surface area (Å²) in [5.74, 6) is 0.0319. The van der Waals surface area contributed by atoms with Crippen LogP contribution in [0.2, 0.25) is 0 Å². The van der Waals surface area contributed by atoms with Crippen molar-refractivity contribution < 1.29 is 9.59 Å². The molecule has 1 aromatic heterocycles. The summed E-state index contributed by atoms with van der Waals surface area (Å²) in [6.07, 6.45) is 3.94. The number of rotatable bonds is 3. The van der Waals surface area contributed by atoms with Crippen molar-refractivity contribution in [1.82, 2.24) is 15.2 Å². The third-order valence-corrected chi connectivity index (χ3v) is 4.76. The molecule has 1 saturated heterocycles. The van der Waals surface area contributed by atoms with E-state index in [1.165, 1.54) is 0 Å². The second-order valence-electron chi connectivity index (χ2n) is 6.64. The monoisotopic (exact) mass is 311 g/mol. The van der Waals surface area contributed by atoms with Crippen LogP contribution in [0.25, 0.3) is 10.9 Å². The molecule has 2 fully saturated rings. The Balaban J connectivity index is 1.47. The van der Waals surface area contributed by atoms with Gasteiger partial charge in [0.05, 0.1) is 5.92 Å². The maximum absolute atomic E-state index is 12.7. The highest BCUT2D eigenvalue weighted by Gasteiger charge is 2.32.